The Hall–Kier alpha value is -0.590. The molecule has 2 N–H and O–H groups in total. The van der Waals surface area contributed by atoms with E-state index >= 15 is 0 Å². The van der Waals surface area contributed by atoms with Crippen molar-refractivity contribution in [3.8, 4) is 6.07 Å². The molecule has 0 spiro atoms. The van der Waals surface area contributed by atoms with Gasteiger partial charge in [0.2, 0.25) is 0 Å². The summed E-state index contributed by atoms with van der Waals surface area (Å²) < 4.78 is 0. The molecule has 0 amide bonds. The molecule has 0 aromatic carbocycles. The van der Waals surface area contributed by atoms with Crippen molar-refractivity contribution in [1.82, 2.24) is 4.90 Å². The number of hydrogen-bond donors (Lipinski definition) is 1. The second kappa shape index (κ2) is 4.96. The van der Waals surface area contributed by atoms with E-state index in [0.717, 1.165) is 19.0 Å². The van der Waals surface area contributed by atoms with E-state index in [0.29, 0.717) is 18.5 Å². The molecule has 84 valence electrons. The molecule has 2 unspecified atom stereocenters. The zero-order valence-corrected chi connectivity index (χ0v) is 9.36. The standard InChI is InChI=1S/C12H21N3/c13-7-2-8-15(11-5-6-11)12-4-1-3-10(14)9-12/h10-12H,1-6,8-9,14H2. The minimum absolute atomic E-state index is 0.395. The lowest BCUT2D eigenvalue weighted by molar-refractivity contribution is 0.142. The van der Waals surface area contributed by atoms with Gasteiger partial charge < -0.3 is 5.73 Å². The first-order valence-corrected chi connectivity index (χ1v) is 6.19. The summed E-state index contributed by atoms with van der Waals surface area (Å²) in [5.74, 6) is 0. The van der Waals surface area contributed by atoms with Crippen LogP contribution in [0.4, 0.5) is 0 Å². The first-order chi connectivity index (χ1) is 7.31. The van der Waals surface area contributed by atoms with Crippen LogP contribution in [0.15, 0.2) is 0 Å². The van der Waals surface area contributed by atoms with Crippen LogP contribution in [0.25, 0.3) is 0 Å². The van der Waals surface area contributed by atoms with Gasteiger partial charge in [-0.15, -0.1) is 0 Å². The minimum atomic E-state index is 0.395. The molecule has 2 rings (SSSR count). The first kappa shape index (κ1) is 10.9. The van der Waals surface area contributed by atoms with E-state index in [1.165, 1.54) is 32.1 Å². The summed E-state index contributed by atoms with van der Waals surface area (Å²) in [5, 5.41) is 8.67. The Morgan fingerprint density at radius 1 is 1.20 bits per heavy atom. The number of nitrogens with zero attached hydrogens (tertiary/aromatic N) is 2. The molecule has 15 heavy (non-hydrogen) atoms. The molecule has 0 aromatic heterocycles. The zero-order valence-electron chi connectivity index (χ0n) is 9.36. The number of nitrogens with two attached hydrogens (primary N) is 1. The van der Waals surface area contributed by atoms with Gasteiger partial charge in [-0.3, -0.25) is 4.90 Å². The lowest BCUT2D eigenvalue weighted by Crippen LogP contribution is -2.44. The van der Waals surface area contributed by atoms with Crippen LogP contribution in [0.2, 0.25) is 0 Å². The van der Waals surface area contributed by atoms with Gasteiger partial charge in [-0.2, -0.15) is 5.26 Å². The minimum Gasteiger partial charge on any atom is -0.328 e. The smallest absolute Gasteiger partial charge is 0.0635 e. The Bertz CT molecular complexity index is 242. The monoisotopic (exact) mass is 207 g/mol. The van der Waals surface area contributed by atoms with Gasteiger partial charge in [-0.05, 0) is 32.1 Å². The predicted octanol–water partition coefficient (Wildman–Crippen LogP) is 1.63. The summed E-state index contributed by atoms with van der Waals surface area (Å²) in [7, 11) is 0. The van der Waals surface area contributed by atoms with E-state index in [9.17, 15) is 0 Å². The summed E-state index contributed by atoms with van der Waals surface area (Å²) in [5.41, 5.74) is 6.02. The Morgan fingerprint density at radius 3 is 2.60 bits per heavy atom. The van der Waals surface area contributed by atoms with Crippen LogP contribution >= 0.6 is 0 Å². The highest BCUT2D eigenvalue weighted by molar-refractivity contribution is 4.93. The Kier molecular flexibility index (Phi) is 3.61. The van der Waals surface area contributed by atoms with Gasteiger partial charge in [0.05, 0.1) is 6.07 Å². The third-order valence-electron chi connectivity index (χ3n) is 3.65. The van der Waals surface area contributed by atoms with Crippen molar-refractivity contribution in [2.45, 2.75) is 63.1 Å². The fourth-order valence-electron chi connectivity index (χ4n) is 2.75. The van der Waals surface area contributed by atoms with E-state index in [1.807, 2.05) is 0 Å². The van der Waals surface area contributed by atoms with E-state index in [-0.39, 0.29) is 0 Å². The third-order valence-corrected chi connectivity index (χ3v) is 3.65. The second-order valence-corrected chi connectivity index (χ2v) is 4.96. The van der Waals surface area contributed by atoms with E-state index in [2.05, 4.69) is 11.0 Å². The Labute approximate surface area is 92.2 Å². The molecule has 0 heterocycles. The van der Waals surface area contributed by atoms with Gasteiger partial charge in [0.25, 0.3) is 0 Å². The Morgan fingerprint density at radius 2 is 2.00 bits per heavy atom. The SMILES string of the molecule is N#CCCN(C1CC1)C1CCCC(N)C1. The van der Waals surface area contributed by atoms with Crippen molar-refractivity contribution in [2.24, 2.45) is 5.73 Å². The van der Waals surface area contributed by atoms with Gasteiger partial charge >= 0.3 is 0 Å². The number of rotatable bonds is 4. The van der Waals surface area contributed by atoms with Gasteiger partial charge in [-0.25, -0.2) is 0 Å². The zero-order chi connectivity index (χ0) is 10.7. The largest absolute Gasteiger partial charge is 0.328 e. The average molecular weight is 207 g/mol. The van der Waals surface area contributed by atoms with Gasteiger partial charge in [-0.1, -0.05) is 6.42 Å². The number of nitriles is 1. The summed E-state index contributed by atoms with van der Waals surface area (Å²) in [6.07, 6.45) is 8.21. The van der Waals surface area contributed by atoms with Crippen molar-refractivity contribution < 1.29 is 0 Å². The summed E-state index contributed by atoms with van der Waals surface area (Å²) >= 11 is 0. The molecule has 0 bridgehead atoms. The molecular weight excluding hydrogens is 186 g/mol. The number of hydrogen-bond acceptors (Lipinski definition) is 3. The average Bonchev–Trinajstić information content (AvgIpc) is 3.03. The van der Waals surface area contributed by atoms with Gasteiger partial charge in [0.15, 0.2) is 0 Å². The van der Waals surface area contributed by atoms with Crippen molar-refractivity contribution in [2.75, 3.05) is 6.54 Å². The molecule has 2 fully saturated rings. The lowest BCUT2D eigenvalue weighted by Gasteiger charge is -2.36. The molecule has 2 aliphatic carbocycles. The summed E-state index contributed by atoms with van der Waals surface area (Å²) in [6, 6.07) is 4.09. The third kappa shape index (κ3) is 2.93. The molecule has 2 atom stereocenters. The lowest BCUT2D eigenvalue weighted by atomic mass is 9.90. The van der Waals surface area contributed by atoms with Gasteiger partial charge in [0, 0.05) is 31.1 Å². The maximum absolute atomic E-state index is 8.67. The summed E-state index contributed by atoms with van der Waals surface area (Å²) in [6.45, 7) is 0.957. The normalized spacial score (nSPS) is 31.5. The second-order valence-electron chi connectivity index (χ2n) is 4.96. The van der Waals surface area contributed by atoms with Crippen LogP contribution in [0.3, 0.4) is 0 Å². The van der Waals surface area contributed by atoms with Crippen molar-refractivity contribution in [3.63, 3.8) is 0 Å². The highest BCUT2D eigenvalue weighted by atomic mass is 15.2. The molecule has 3 nitrogen and oxygen atoms in total. The molecule has 3 heteroatoms. The molecule has 0 aromatic rings. The maximum Gasteiger partial charge on any atom is 0.0635 e. The van der Waals surface area contributed by atoms with Crippen LogP contribution in [-0.4, -0.2) is 29.6 Å². The molecular formula is C12H21N3. The van der Waals surface area contributed by atoms with E-state index < -0.39 is 0 Å². The summed E-state index contributed by atoms with van der Waals surface area (Å²) in [4.78, 5) is 2.56. The highest BCUT2D eigenvalue weighted by Gasteiger charge is 2.35. The fourth-order valence-corrected chi connectivity index (χ4v) is 2.75. The Balaban J connectivity index is 1.88. The maximum atomic E-state index is 8.67. The van der Waals surface area contributed by atoms with E-state index in [4.69, 9.17) is 11.0 Å². The fraction of sp³-hybridized carbons (Fsp3) is 0.917. The van der Waals surface area contributed by atoms with Crippen molar-refractivity contribution in [3.05, 3.63) is 0 Å². The van der Waals surface area contributed by atoms with Crippen molar-refractivity contribution >= 4 is 0 Å². The van der Waals surface area contributed by atoms with Crippen LogP contribution in [0.1, 0.15) is 44.9 Å². The van der Waals surface area contributed by atoms with E-state index in [1.54, 1.807) is 0 Å². The molecule has 0 aliphatic heterocycles. The quantitative estimate of drug-likeness (QED) is 0.762. The molecule has 0 radical (unpaired) electrons. The topological polar surface area (TPSA) is 53.0 Å². The van der Waals surface area contributed by atoms with Crippen molar-refractivity contribution in [1.29, 1.82) is 5.26 Å². The molecule has 2 saturated carbocycles. The highest BCUT2D eigenvalue weighted by Crippen LogP contribution is 2.33. The van der Waals surface area contributed by atoms with Crippen LogP contribution in [-0.2, 0) is 0 Å². The predicted molar refractivity (Wildman–Crippen MR) is 60.2 cm³/mol. The van der Waals surface area contributed by atoms with Crippen LogP contribution in [0.5, 0.6) is 0 Å². The molecule has 0 saturated heterocycles. The van der Waals surface area contributed by atoms with Crippen LogP contribution in [0, 0.1) is 11.3 Å². The molecule has 2 aliphatic rings. The van der Waals surface area contributed by atoms with Gasteiger partial charge in [0.1, 0.15) is 0 Å². The van der Waals surface area contributed by atoms with Crippen LogP contribution < -0.4 is 5.73 Å². The first-order valence-electron chi connectivity index (χ1n) is 6.19.